The van der Waals surface area contributed by atoms with Gasteiger partial charge in [-0.25, -0.2) is 14.6 Å². The molecule has 7 nitrogen and oxygen atoms in total. The van der Waals surface area contributed by atoms with Gasteiger partial charge in [0.1, 0.15) is 5.75 Å². The lowest BCUT2D eigenvalue weighted by atomic mass is 10.2. The number of nitrogens with one attached hydrogen (secondary N) is 1. The first kappa shape index (κ1) is 16.2. The van der Waals surface area contributed by atoms with Crippen molar-refractivity contribution >= 4 is 32.6 Å². The molecule has 3 aromatic heterocycles. The van der Waals surface area contributed by atoms with Crippen molar-refractivity contribution in [3.05, 3.63) is 60.0 Å². The number of ether oxygens (including phenoxy) is 1. The fourth-order valence-corrected chi connectivity index (χ4v) is 3.48. The fraction of sp³-hybridized carbons (Fsp3) is 0.111. The van der Waals surface area contributed by atoms with Crippen LogP contribution in [0.15, 0.2) is 48.8 Å². The molecule has 4 rings (SSSR count). The molecular formula is C18H15N5O2S. The molecule has 0 atom stereocenters. The third-order valence-electron chi connectivity index (χ3n) is 3.94. The zero-order valence-electron chi connectivity index (χ0n) is 14.1. The molecule has 0 aliphatic rings. The molecule has 1 N–H and O–H groups in total. The maximum Gasteiger partial charge on any atom is 0.260 e. The van der Waals surface area contributed by atoms with E-state index in [1.54, 1.807) is 18.0 Å². The van der Waals surface area contributed by atoms with Crippen molar-refractivity contribution in [1.29, 1.82) is 0 Å². The average Bonchev–Trinajstić information content (AvgIpc) is 3.24. The van der Waals surface area contributed by atoms with Gasteiger partial charge in [0.05, 0.1) is 34.8 Å². The molecule has 8 heteroatoms. The molecule has 26 heavy (non-hydrogen) atoms. The van der Waals surface area contributed by atoms with Gasteiger partial charge in [0.25, 0.3) is 5.91 Å². The molecule has 0 aliphatic carbocycles. The Morgan fingerprint density at radius 3 is 2.92 bits per heavy atom. The predicted molar refractivity (Wildman–Crippen MR) is 100 cm³/mol. The summed E-state index contributed by atoms with van der Waals surface area (Å²) in [6.07, 6.45) is 3.22. The van der Waals surface area contributed by atoms with Gasteiger partial charge in [0.15, 0.2) is 10.9 Å². The lowest BCUT2D eigenvalue weighted by Gasteiger charge is -2.04. The molecule has 3 heterocycles. The quantitative estimate of drug-likeness (QED) is 0.599. The van der Waals surface area contributed by atoms with Crippen molar-refractivity contribution in [2.24, 2.45) is 0 Å². The number of amides is 1. The highest BCUT2D eigenvalue weighted by atomic mass is 32.1. The number of anilines is 1. The topological polar surface area (TPSA) is 81.9 Å². The van der Waals surface area contributed by atoms with Crippen molar-refractivity contribution < 1.29 is 9.53 Å². The standard InChI is InChI=1S/C18H15N5O2S/c1-11-13(10-20-23(11)16-5-3-4-8-19-16)17(24)22-18-21-14-7-6-12(25-2)9-15(14)26-18/h3-10H,1-2H3,(H,21,22,24). The first-order valence-corrected chi connectivity index (χ1v) is 8.69. The maximum absolute atomic E-state index is 12.6. The van der Waals surface area contributed by atoms with Crippen LogP contribution in [0.25, 0.3) is 16.0 Å². The van der Waals surface area contributed by atoms with Crippen LogP contribution in [0.4, 0.5) is 5.13 Å². The molecule has 1 aromatic carbocycles. The SMILES string of the molecule is COc1ccc2nc(NC(=O)c3cnn(-c4ccccn4)c3C)sc2c1. The van der Waals surface area contributed by atoms with Gasteiger partial charge in [0, 0.05) is 6.20 Å². The number of benzene rings is 1. The van der Waals surface area contributed by atoms with E-state index in [0.29, 0.717) is 22.2 Å². The van der Waals surface area contributed by atoms with E-state index in [9.17, 15) is 4.79 Å². The van der Waals surface area contributed by atoms with E-state index >= 15 is 0 Å². The van der Waals surface area contributed by atoms with Gasteiger partial charge in [-0.1, -0.05) is 17.4 Å². The summed E-state index contributed by atoms with van der Waals surface area (Å²) < 4.78 is 7.80. The normalized spacial score (nSPS) is 10.8. The lowest BCUT2D eigenvalue weighted by Crippen LogP contribution is -2.13. The average molecular weight is 365 g/mol. The smallest absolute Gasteiger partial charge is 0.260 e. The molecule has 0 saturated carbocycles. The third kappa shape index (κ3) is 2.91. The summed E-state index contributed by atoms with van der Waals surface area (Å²) >= 11 is 1.40. The number of aromatic nitrogens is 4. The second-order valence-corrected chi connectivity index (χ2v) is 6.58. The van der Waals surface area contributed by atoms with E-state index in [1.165, 1.54) is 17.5 Å². The van der Waals surface area contributed by atoms with Gasteiger partial charge in [-0.3, -0.25) is 10.1 Å². The number of hydrogen-bond donors (Lipinski definition) is 1. The molecular weight excluding hydrogens is 350 g/mol. The van der Waals surface area contributed by atoms with Crippen LogP contribution >= 0.6 is 11.3 Å². The van der Waals surface area contributed by atoms with E-state index in [0.717, 1.165) is 16.0 Å². The number of carbonyl (C=O) groups excluding carboxylic acids is 1. The molecule has 0 aliphatic heterocycles. The zero-order valence-corrected chi connectivity index (χ0v) is 14.9. The number of nitrogens with zero attached hydrogens (tertiary/aromatic N) is 4. The molecule has 0 spiro atoms. The fourth-order valence-electron chi connectivity index (χ4n) is 2.59. The summed E-state index contributed by atoms with van der Waals surface area (Å²) in [6.45, 7) is 1.83. The molecule has 130 valence electrons. The monoisotopic (exact) mass is 365 g/mol. The summed E-state index contributed by atoms with van der Waals surface area (Å²) in [5.74, 6) is 1.17. The van der Waals surface area contributed by atoms with E-state index in [2.05, 4.69) is 20.4 Å². The zero-order chi connectivity index (χ0) is 18.1. The maximum atomic E-state index is 12.6. The van der Waals surface area contributed by atoms with Crippen LogP contribution in [0.1, 0.15) is 16.1 Å². The largest absolute Gasteiger partial charge is 0.497 e. The second-order valence-electron chi connectivity index (χ2n) is 5.55. The molecule has 1 amide bonds. The van der Waals surface area contributed by atoms with E-state index in [1.807, 2.05) is 43.3 Å². The first-order chi connectivity index (χ1) is 12.7. The molecule has 0 saturated heterocycles. The second kappa shape index (κ2) is 6.57. The third-order valence-corrected chi connectivity index (χ3v) is 4.87. The Kier molecular flexibility index (Phi) is 4.10. The Bertz CT molecular complexity index is 1090. The number of thiazole rings is 1. The highest BCUT2D eigenvalue weighted by Crippen LogP contribution is 2.29. The van der Waals surface area contributed by atoms with Crippen molar-refractivity contribution in [1.82, 2.24) is 19.7 Å². The van der Waals surface area contributed by atoms with Crippen LogP contribution in [0.5, 0.6) is 5.75 Å². The predicted octanol–water partition coefficient (Wildman–Crippen LogP) is 3.45. The Morgan fingerprint density at radius 1 is 1.27 bits per heavy atom. The highest BCUT2D eigenvalue weighted by Gasteiger charge is 2.17. The minimum atomic E-state index is -0.254. The summed E-state index contributed by atoms with van der Waals surface area (Å²) in [4.78, 5) is 21.3. The van der Waals surface area contributed by atoms with Gasteiger partial charge < -0.3 is 4.74 Å². The molecule has 4 aromatic rings. The molecule has 0 unspecified atom stereocenters. The van der Waals surface area contributed by atoms with Crippen molar-refractivity contribution in [2.75, 3.05) is 12.4 Å². The van der Waals surface area contributed by atoms with Gasteiger partial charge >= 0.3 is 0 Å². The number of pyridine rings is 1. The summed E-state index contributed by atoms with van der Waals surface area (Å²) in [6, 6.07) is 11.1. The van der Waals surface area contributed by atoms with Crippen LogP contribution in [-0.4, -0.2) is 32.8 Å². The number of rotatable bonds is 4. The van der Waals surface area contributed by atoms with Crippen LogP contribution in [0.3, 0.4) is 0 Å². The first-order valence-electron chi connectivity index (χ1n) is 7.87. The van der Waals surface area contributed by atoms with E-state index in [4.69, 9.17) is 4.74 Å². The van der Waals surface area contributed by atoms with Crippen molar-refractivity contribution in [3.8, 4) is 11.6 Å². The summed E-state index contributed by atoms with van der Waals surface area (Å²) in [5, 5.41) is 7.65. The number of fused-ring (bicyclic) bond motifs is 1. The Morgan fingerprint density at radius 2 is 2.15 bits per heavy atom. The number of hydrogen-bond acceptors (Lipinski definition) is 6. The number of methoxy groups -OCH3 is 1. The van der Waals surface area contributed by atoms with Gasteiger partial charge in [-0.15, -0.1) is 0 Å². The minimum Gasteiger partial charge on any atom is -0.497 e. The minimum absolute atomic E-state index is 0.254. The molecule has 0 bridgehead atoms. The summed E-state index contributed by atoms with van der Waals surface area (Å²) in [7, 11) is 1.62. The van der Waals surface area contributed by atoms with Crippen LogP contribution < -0.4 is 10.1 Å². The number of carbonyl (C=O) groups is 1. The van der Waals surface area contributed by atoms with E-state index < -0.39 is 0 Å². The van der Waals surface area contributed by atoms with Crippen molar-refractivity contribution in [2.45, 2.75) is 6.92 Å². The van der Waals surface area contributed by atoms with Gasteiger partial charge in [0.2, 0.25) is 0 Å². The van der Waals surface area contributed by atoms with Crippen LogP contribution in [-0.2, 0) is 0 Å². The van der Waals surface area contributed by atoms with Crippen LogP contribution in [0.2, 0.25) is 0 Å². The van der Waals surface area contributed by atoms with Gasteiger partial charge in [-0.2, -0.15) is 5.10 Å². The van der Waals surface area contributed by atoms with E-state index in [-0.39, 0.29) is 5.91 Å². The molecule has 0 fully saturated rings. The Balaban J connectivity index is 1.60. The van der Waals surface area contributed by atoms with Crippen molar-refractivity contribution in [3.63, 3.8) is 0 Å². The van der Waals surface area contributed by atoms with Gasteiger partial charge in [-0.05, 0) is 37.3 Å². The summed E-state index contributed by atoms with van der Waals surface area (Å²) in [5.41, 5.74) is 2.00. The highest BCUT2D eigenvalue weighted by molar-refractivity contribution is 7.22. The lowest BCUT2D eigenvalue weighted by molar-refractivity contribution is 0.102. The van der Waals surface area contributed by atoms with Crippen LogP contribution in [0, 0.1) is 6.92 Å². The Labute approximate surface area is 153 Å². The molecule has 0 radical (unpaired) electrons. The Hall–Kier alpha value is -3.26.